The zero-order valence-electron chi connectivity index (χ0n) is 19.7. The molecule has 2 aromatic rings. The molecule has 0 saturated carbocycles. The van der Waals surface area contributed by atoms with Gasteiger partial charge < -0.3 is 0 Å². The van der Waals surface area contributed by atoms with E-state index in [1.807, 2.05) is 0 Å². The maximum absolute atomic E-state index is 12.6. The topological polar surface area (TPSA) is 37.4 Å². The van der Waals surface area contributed by atoms with Gasteiger partial charge in [0, 0.05) is 6.54 Å². The van der Waals surface area contributed by atoms with E-state index < -0.39 is 0 Å². The lowest BCUT2D eigenvalue weighted by Crippen LogP contribution is -2.31. The summed E-state index contributed by atoms with van der Waals surface area (Å²) in [4.78, 5) is 26.6. The molecule has 166 valence electrons. The van der Waals surface area contributed by atoms with Crippen molar-refractivity contribution in [1.29, 1.82) is 0 Å². The molecule has 2 amide bonds. The van der Waals surface area contributed by atoms with Gasteiger partial charge in [0.15, 0.2) is 0 Å². The number of carbonyl (C=O) groups excluding carboxylic acids is 2. The summed E-state index contributed by atoms with van der Waals surface area (Å²) in [6.45, 7) is 9.55. The van der Waals surface area contributed by atoms with Crippen molar-refractivity contribution < 1.29 is 9.59 Å². The Morgan fingerprint density at radius 2 is 1.69 bits per heavy atom. The van der Waals surface area contributed by atoms with Gasteiger partial charge in [-0.2, -0.15) is 0 Å². The first-order valence-corrected chi connectivity index (χ1v) is 11.7. The average molecular weight is 428 g/mol. The van der Waals surface area contributed by atoms with Gasteiger partial charge in [-0.1, -0.05) is 74.9 Å². The van der Waals surface area contributed by atoms with Gasteiger partial charge >= 0.3 is 0 Å². The van der Waals surface area contributed by atoms with Crippen LogP contribution >= 0.6 is 0 Å². The fraction of sp³-hybridized carbons (Fsp3) is 0.379. The molecule has 4 rings (SSSR count). The van der Waals surface area contributed by atoms with Crippen molar-refractivity contribution in [3.8, 4) is 0 Å². The number of hydrogen-bond donors (Lipinski definition) is 0. The van der Waals surface area contributed by atoms with Crippen LogP contribution in [0.3, 0.4) is 0 Å². The molecule has 2 aliphatic rings. The smallest absolute Gasteiger partial charge is 0.261 e. The fourth-order valence-corrected chi connectivity index (χ4v) is 5.09. The van der Waals surface area contributed by atoms with E-state index in [-0.39, 0.29) is 23.1 Å². The summed E-state index contributed by atoms with van der Waals surface area (Å²) in [7, 11) is 0. The molecular weight excluding hydrogens is 394 g/mol. The first-order chi connectivity index (χ1) is 15.3. The molecule has 0 fully saturated rings. The molecule has 0 bridgehead atoms. The van der Waals surface area contributed by atoms with Crippen LogP contribution in [0.1, 0.15) is 91.1 Å². The van der Waals surface area contributed by atoms with Crippen LogP contribution < -0.4 is 0 Å². The molecule has 3 nitrogen and oxygen atoms in total. The van der Waals surface area contributed by atoms with Crippen LogP contribution in [0, 0.1) is 5.41 Å². The Hall–Kier alpha value is -2.94. The van der Waals surface area contributed by atoms with Gasteiger partial charge in [-0.25, -0.2) is 0 Å². The molecule has 0 N–H and O–H groups in total. The second-order valence-electron chi connectivity index (χ2n) is 9.93. The third-order valence-electron chi connectivity index (χ3n) is 7.13. The predicted molar refractivity (Wildman–Crippen MR) is 131 cm³/mol. The summed E-state index contributed by atoms with van der Waals surface area (Å²) in [6, 6.07) is 15.7. The number of hydrogen-bond acceptors (Lipinski definition) is 2. The van der Waals surface area contributed by atoms with Crippen molar-refractivity contribution in [2.45, 2.75) is 59.3 Å². The Morgan fingerprint density at radius 3 is 2.34 bits per heavy atom. The lowest BCUT2D eigenvalue weighted by atomic mass is 9.72. The highest BCUT2D eigenvalue weighted by atomic mass is 16.2. The number of carbonyl (C=O) groups is 2. The van der Waals surface area contributed by atoms with Crippen molar-refractivity contribution >= 4 is 17.9 Å². The molecule has 0 saturated heterocycles. The zero-order chi connectivity index (χ0) is 22.9. The SMILES string of the molecule is CC1=C(/C=C/c2cccc(C(C)CCN3C(=O)c4ccccc4C3=O)c2)C(C)(C)CCC1. The first kappa shape index (κ1) is 22.3. The molecule has 1 heterocycles. The summed E-state index contributed by atoms with van der Waals surface area (Å²) in [5.74, 6) is -0.0961. The standard InChI is InChI=1S/C29H33NO2/c1-20(16-18-30-27(31)24-12-5-6-13-25(24)28(30)32)23-11-7-10-22(19-23)14-15-26-21(2)9-8-17-29(26,3)4/h5-7,10-15,19-20H,8-9,16-18H2,1-4H3/b15-14+. The number of rotatable bonds is 6. The summed E-state index contributed by atoms with van der Waals surface area (Å²) >= 11 is 0. The minimum Gasteiger partial charge on any atom is -0.274 e. The number of nitrogens with zero attached hydrogens (tertiary/aromatic N) is 1. The van der Waals surface area contributed by atoms with Crippen molar-refractivity contribution in [2.24, 2.45) is 5.41 Å². The number of fused-ring (bicyclic) bond motifs is 1. The summed E-state index contributed by atoms with van der Waals surface area (Å²) in [5.41, 5.74) is 6.67. The Labute approximate surface area is 191 Å². The van der Waals surface area contributed by atoms with Crippen LogP contribution in [-0.2, 0) is 0 Å². The average Bonchev–Trinajstić information content (AvgIpc) is 3.01. The van der Waals surface area contributed by atoms with Crippen LogP contribution in [0.15, 0.2) is 65.8 Å². The Kier molecular flexibility index (Phi) is 6.19. The van der Waals surface area contributed by atoms with E-state index in [4.69, 9.17) is 0 Å². The number of allylic oxidation sites excluding steroid dienone is 3. The van der Waals surface area contributed by atoms with Gasteiger partial charge in [0.25, 0.3) is 11.8 Å². The fourth-order valence-electron chi connectivity index (χ4n) is 5.09. The number of amides is 2. The van der Waals surface area contributed by atoms with E-state index in [0.29, 0.717) is 17.7 Å². The third kappa shape index (κ3) is 4.34. The second kappa shape index (κ2) is 8.90. The van der Waals surface area contributed by atoms with Gasteiger partial charge in [0.2, 0.25) is 0 Å². The van der Waals surface area contributed by atoms with E-state index in [1.165, 1.54) is 46.4 Å². The molecule has 32 heavy (non-hydrogen) atoms. The molecule has 1 aliphatic heterocycles. The van der Waals surface area contributed by atoms with E-state index in [1.54, 1.807) is 24.3 Å². The van der Waals surface area contributed by atoms with E-state index in [0.717, 1.165) is 6.42 Å². The third-order valence-corrected chi connectivity index (χ3v) is 7.13. The van der Waals surface area contributed by atoms with Crippen molar-refractivity contribution in [3.63, 3.8) is 0 Å². The van der Waals surface area contributed by atoms with E-state index in [2.05, 4.69) is 64.1 Å². The van der Waals surface area contributed by atoms with Crippen molar-refractivity contribution in [2.75, 3.05) is 6.54 Å². The predicted octanol–water partition coefficient (Wildman–Crippen LogP) is 7.02. The first-order valence-electron chi connectivity index (χ1n) is 11.7. The van der Waals surface area contributed by atoms with E-state index >= 15 is 0 Å². The highest BCUT2D eigenvalue weighted by molar-refractivity contribution is 6.21. The quantitative estimate of drug-likeness (QED) is 0.465. The molecule has 2 aromatic carbocycles. The Morgan fingerprint density at radius 1 is 1.00 bits per heavy atom. The second-order valence-corrected chi connectivity index (χ2v) is 9.93. The zero-order valence-corrected chi connectivity index (χ0v) is 19.7. The van der Waals surface area contributed by atoms with Gasteiger partial charge in [-0.3, -0.25) is 14.5 Å². The van der Waals surface area contributed by atoms with Gasteiger partial charge in [-0.05, 0) is 72.8 Å². The maximum atomic E-state index is 12.6. The molecule has 0 spiro atoms. The summed E-state index contributed by atoms with van der Waals surface area (Å²) < 4.78 is 0. The highest BCUT2D eigenvalue weighted by Crippen LogP contribution is 2.41. The van der Waals surface area contributed by atoms with Gasteiger partial charge in [-0.15, -0.1) is 0 Å². The minimum absolute atomic E-state index is 0.173. The molecule has 3 heteroatoms. The van der Waals surface area contributed by atoms with Gasteiger partial charge in [0.1, 0.15) is 0 Å². The molecule has 1 atom stereocenters. The van der Waals surface area contributed by atoms with Crippen molar-refractivity contribution in [3.05, 3.63) is 88.0 Å². The van der Waals surface area contributed by atoms with Crippen LogP contribution in [0.4, 0.5) is 0 Å². The number of imide groups is 1. The Bertz CT molecular complexity index is 1070. The van der Waals surface area contributed by atoms with Crippen LogP contribution in [0.5, 0.6) is 0 Å². The maximum Gasteiger partial charge on any atom is 0.261 e. The van der Waals surface area contributed by atoms with Crippen LogP contribution in [0.25, 0.3) is 6.08 Å². The highest BCUT2D eigenvalue weighted by Gasteiger charge is 2.34. The minimum atomic E-state index is -0.173. The molecule has 1 unspecified atom stereocenters. The molecule has 0 radical (unpaired) electrons. The molecule has 0 aromatic heterocycles. The van der Waals surface area contributed by atoms with Crippen molar-refractivity contribution in [1.82, 2.24) is 4.90 Å². The lowest BCUT2D eigenvalue weighted by Gasteiger charge is -2.32. The largest absolute Gasteiger partial charge is 0.274 e. The van der Waals surface area contributed by atoms with Crippen LogP contribution in [-0.4, -0.2) is 23.3 Å². The number of benzene rings is 2. The Balaban J connectivity index is 1.44. The lowest BCUT2D eigenvalue weighted by molar-refractivity contribution is 0.0650. The normalized spacial score (nSPS) is 19.1. The van der Waals surface area contributed by atoms with E-state index in [9.17, 15) is 9.59 Å². The molecule has 1 aliphatic carbocycles. The summed E-state index contributed by atoms with van der Waals surface area (Å²) in [5, 5.41) is 0. The van der Waals surface area contributed by atoms with Gasteiger partial charge in [0.05, 0.1) is 11.1 Å². The van der Waals surface area contributed by atoms with Crippen LogP contribution in [0.2, 0.25) is 0 Å². The molecular formula is C29H33NO2. The monoisotopic (exact) mass is 427 g/mol. The summed E-state index contributed by atoms with van der Waals surface area (Å²) in [6.07, 6.45) is 8.98.